The van der Waals surface area contributed by atoms with Crippen LogP contribution in [-0.4, -0.2) is 23.8 Å². The molecule has 2 aromatic carbocycles. The number of aromatic nitrogens is 1. The number of thiophene rings is 1. The molecule has 1 aliphatic rings. The first-order chi connectivity index (χ1) is 18.1. The molecule has 0 amide bonds. The van der Waals surface area contributed by atoms with E-state index in [1.165, 1.54) is 22.7 Å². The summed E-state index contributed by atoms with van der Waals surface area (Å²) in [7, 11) is 0. The third-order valence-corrected chi connectivity index (χ3v) is 7.59. The number of nitrogens with zero attached hydrogens (tertiary/aromatic N) is 2. The summed E-state index contributed by atoms with van der Waals surface area (Å²) in [4.78, 5) is 33.3. The van der Waals surface area contributed by atoms with E-state index < -0.39 is 12.0 Å². The molecule has 37 heavy (non-hydrogen) atoms. The smallest absolute Gasteiger partial charge is 0.338 e. The summed E-state index contributed by atoms with van der Waals surface area (Å²) in [6.07, 6.45) is 7.07. The Hall–Kier alpha value is -4.19. The highest BCUT2D eigenvalue weighted by Gasteiger charge is 2.35. The zero-order valence-corrected chi connectivity index (χ0v) is 21.6. The van der Waals surface area contributed by atoms with Crippen LogP contribution >= 0.6 is 22.7 Å². The molecule has 2 aromatic heterocycles. The van der Waals surface area contributed by atoms with Crippen molar-refractivity contribution >= 4 is 40.4 Å². The number of esters is 1. The number of terminal acetylenes is 1. The van der Waals surface area contributed by atoms with Crippen molar-refractivity contribution in [1.29, 1.82) is 0 Å². The Morgan fingerprint density at radius 3 is 2.59 bits per heavy atom. The Morgan fingerprint density at radius 2 is 1.92 bits per heavy atom. The fourth-order valence-corrected chi connectivity index (χ4v) is 5.92. The van der Waals surface area contributed by atoms with E-state index in [9.17, 15) is 9.59 Å². The van der Waals surface area contributed by atoms with E-state index in [-0.39, 0.29) is 18.8 Å². The van der Waals surface area contributed by atoms with Gasteiger partial charge in [-0.25, -0.2) is 9.79 Å². The van der Waals surface area contributed by atoms with Crippen LogP contribution < -0.4 is 19.6 Å². The molecule has 3 heterocycles. The first-order valence-electron chi connectivity index (χ1n) is 11.6. The zero-order valence-electron chi connectivity index (χ0n) is 19.9. The molecular weight excluding hydrogens is 504 g/mol. The molecule has 0 bridgehead atoms. The number of ether oxygens (including phenoxy) is 2. The summed E-state index contributed by atoms with van der Waals surface area (Å²) >= 11 is 2.77. The molecule has 0 N–H and O–H groups in total. The van der Waals surface area contributed by atoms with Crippen molar-refractivity contribution in [2.24, 2.45) is 4.99 Å². The molecule has 1 aliphatic heterocycles. The van der Waals surface area contributed by atoms with Crippen LogP contribution in [0.2, 0.25) is 0 Å². The number of rotatable bonds is 7. The van der Waals surface area contributed by atoms with Gasteiger partial charge in [-0.2, -0.15) is 0 Å². The van der Waals surface area contributed by atoms with Gasteiger partial charge >= 0.3 is 5.97 Å². The van der Waals surface area contributed by atoms with Crippen LogP contribution in [0.15, 0.2) is 87.5 Å². The maximum atomic E-state index is 13.8. The Kier molecular flexibility index (Phi) is 7.17. The molecule has 8 heteroatoms. The minimum absolute atomic E-state index is 0.188. The van der Waals surface area contributed by atoms with Gasteiger partial charge in [-0.1, -0.05) is 65.8 Å². The standard InChI is InChI=1S/C29H22N2O4S2/c1-3-16-35-21-14-12-19(13-15-21)18-23-27(32)31-26(22-11-8-17-36-22)24(28(33)34-4-2)25(30-29(31)37-23)20-9-6-5-7-10-20/h1,5-15,17-18,26H,4,16H2,2H3/b23-18-/t26-/m0/s1. The summed E-state index contributed by atoms with van der Waals surface area (Å²) in [6, 6.07) is 20.0. The number of hydrogen-bond donors (Lipinski definition) is 0. The fourth-order valence-electron chi connectivity index (χ4n) is 4.09. The van der Waals surface area contributed by atoms with E-state index in [4.69, 9.17) is 20.9 Å². The second kappa shape index (κ2) is 10.8. The molecule has 5 rings (SSSR count). The van der Waals surface area contributed by atoms with E-state index in [0.717, 1.165) is 16.0 Å². The summed E-state index contributed by atoms with van der Waals surface area (Å²) in [5, 5.41) is 1.93. The van der Waals surface area contributed by atoms with Crippen molar-refractivity contribution in [3.05, 3.63) is 113 Å². The Balaban J connectivity index is 1.71. The molecule has 0 unspecified atom stereocenters. The van der Waals surface area contributed by atoms with Crippen molar-refractivity contribution < 1.29 is 14.3 Å². The molecule has 0 aliphatic carbocycles. The molecule has 0 spiro atoms. The van der Waals surface area contributed by atoms with Gasteiger partial charge in [0.1, 0.15) is 18.4 Å². The maximum absolute atomic E-state index is 13.8. The number of carbonyl (C=O) groups excluding carboxylic acids is 1. The molecule has 6 nitrogen and oxygen atoms in total. The van der Waals surface area contributed by atoms with Crippen molar-refractivity contribution in [1.82, 2.24) is 4.57 Å². The van der Waals surface area contributed by atoms with Crippen molar-refractivity contribution in [3.8, 4) is 18.1 Å². The van der Waals surface area contributed by atoms with Crippen LogP contribution in [0, 0.1) is 12.3 Å². The van der Waals surface area contributed by atoms with E-state index in [1.54, 1.807) is 23.6 Å². The Labute approximate surface area is 221 Å². The molecule has 0 saturated carbocycles. The molecule has 4 aromatic rings. The highest BCUT2D eigenvalue weighted by atomic mass is 32.1. The quantitative estimate of drug-likeness (QED) is 0.270. The number of fused-ring (bicyclic) bond motifs is 1. The lowest BCUT2D eigenvalue weighted by atomic mass is 9.97. The minimum Gasteiger partial charge on any atom is -0.481 e. The largest absolute Gasteiger partial charge is 0.481 e. The molecule has 0 fully saturated rings. The lowest BCUT2D eigenvalue weighted by Gasteiger charge is -2.24. The number of hydrogen-bond acceptors (Lipinski definition) is 7. The van der Waals surface area contributed by atoms with Gasteiger partial charge in [0.05, 0.1) is 22.4 Å². The number of thiazole rings is 1. The highest BCUT2D eigenvalue weighted by molar-refractivity contribution is 7.10. The van der Waals surface area contributed by atoms with Gasteiger partial charge in [-0.3, -0.25) is 9.36 Å². The van der Waals surface area contributed by atoms with E-state index in [1.807, 2.05) is 66.1 Å². The molecule has 1 atom stereocenters. The summed E-state index contributed by atoms with van der Waals surface area (Å²) in [5.41, 5.74) is 2.26. The lowest BCUT2D eigenvalue weighted by molar-refractivity contribution is -0.138. The van der Waals surface area contributed by atoms with E-state index in [0.29, 0.717) is 26.4 Å². The molecule has 0 radical (unpaired) electrons. The van der Waals surface area contributed by atoms with Crippen molar-refractivity contribution in [3.63, 3.8) is 0 Å². The highest BCUT2D eigenvalue weighted by Crippen LogP contribution is 2.36. The minimum atomic E-state index is -0.646. The van der Waals surface area contributed by atoms with Gasteiger partial charge in [0.15, 0.2) is 4.80 Å². The lowest BCUT2D eigenvalue weighted by Crippen LogP contribution is -2.39. The summed E-state index contributed by atoms with van der Waals surface area (Å²) < 4.78 is 13.0. The maximum Gasteiger partial charge on any atom is 0.338 e. The van der Waals surface area contributed by atoms with Crippen LogP contribution in [-0.2, 0) is 9.53 Å². The molecular formula is C29H22N2O4S2. The van der Waals surface area contributed by atoms with E-state index >= 15 is 0 Å². The van der Waals surface area contributed by atoms with Crippen LogP contribution in [0.1, 0.15) is 29.0 Å². The Morgan fingerprint density at radius 1 is 1.14 bits per heavy atom. The van der Waals surface area contributed by atoms with Crippen LogP contribution in [0.25, 0.3) is 11.8 Å². The van der Waals surface area contributed by atoms with Crippen LogP contribution in [0.3, 0.4) is 0 Å². The SMILES string of the molecule is C#CCOc1ccc(/C=c2\sc3n(c2=O)[C@@H](c2cccs2)C(C(=O)OCC)=C(c2ccccc2)N=3)cc1. The first kappa shape index (κ1) is 24.5. The van der Waals surface area contributed by atoms with Crippen molar-refractivity contribution in [2.75, 3.05) is 13.2 Å². The van der Waals surface area contributed by atoms with Gasteiger partial charge < -0.3 is 9.47 Å². The summed E-state index contributed by atoms with van der Waals surface area (Å²) in [5.74, 6) is 2.61. The predicted octanol–water partition coefficient (Wildman–Crippen LogP) is 4.01. The second-order valence-electron chi connectivity index (χ2n) is 8.01. The van der Waals surface area contributed by atoms with Gasteiger partial charge in [0, 0.05) is 10.4 Å². The Bertz CT molecular complexity index is 1670. The zero-order chi connectivity index (χ0) is 25.8. The predicted molar refractivity (Wildman–Crippen MR) is 146 cm³/mol. The normalized spacial score (nSPS) is 15.0. The summed E-state index contributed by atoms with van der Waals surface area (Å²) in [6.45, 7) is 2.17. The third-order valence-electron chi connectivity index (χ3n) is 5.69. The number of carbonyl (C=O) groups is 1. The fraction of sp³-hybridized carbons (Fsp3) is 0.138. The van der Waals surface area contributed by atoms with Gasteiger partial charge in [-0.05, 0) is 42.1 Å². The van der Waals surface area contributed by atoms with Crippen molar-refractivity contribution in [2.45, 2.75) is 13.0 Å². The number of benzene rings is 2. The average Bonchev–Trinajstić information content (AvgIpc) is 3.56. The van der Waals surface area contributed by atoms with Gasteiger partial charge in [0.2, 0.25) is 0 Å². The van der Waals surface area contributed by atoms with E-state index in [2.05, 4.69) is 5.92 Å². The average molecular weight is 527 g/mol. The molecule has 184 valence electrons. The first-order valence-corrected chi connectivity index (χ1v) is 13.3. The molecule has 0 saturated heterocycles. The van der Waals surface area contributed by atoms with Gasteiger partial charge in [0.25, 0.3) is 5.56 Å². The van der Waals surface area contributed by atoms with Crippen LogP contribution in [0.5, 0.6) is 5.75 Å². The monoisotopic (exact) mass is 526 g/mol. The second-order valence-corrected chi connectivity index (χ2v) is 10.00. The van der Waals surface area contributed by atoms with Gasteiger partial charge in [-0.15, -0.1) is 17.8 Å². The topological polar surface area (TPSA) is 69.9 Å². The van der Waals surface area contributed by atoms with Crippen LogP contribution in [0.4, 0.5) is 0 Å². The third kappa shape index (κ3) is 4.92.